The Balaban J connectivity index is 1.53. The Kier molecular flexibility index (Phi) is 6.08. The number of carbonyl (C=O) groups excluding carboxylic acids is 1. The molecule has 1 unspecified atom stereocenters. The third-order valence-electron chi connectivity index (χ3n) is 5.38. The van der Waals surface area contributed by atoms with Gasteiger partial charge in [-0.15, -0.1) is 5.10 Å². The third-order valence-corrected chi connectivity index (χ3v) is 6.37. The molecule has 1 N–H and O–H groups in total. The van der Waals surface area contributed by atoms with Crippen LogP contribution in [0.25, 0.3) is 4.96 Å². The van der Waals surface area contributed by atoms with Crippen LogP contribution in [0.5, 0.6) is 11.5 Å². The molecule has 1 aliphatic rings. The molecule has 3 aromatic rings. The van der Waals surface area contributed by atoms with Crippen molar-refractivity contribution in [3.8, 4) is 11.5 Å². The first-order chi connectivity index (χ1) is 15.0. The first kappa shape index (κ1) is 21.1. The summed E-state index contributed by atoms with van der Waals surface area (Å²) in [6.45, 7) is 4.23. The summed E-state index contributed by atoms with van der Waals surface area (Å²) in [6, 6.07) is 5.32. The van der Waals surface area contributed by atoms with Crippen LogP contribution in [0.2, 0.25) is 0 Å². The van der Waals surface area contributed by atoms with E-state index in [1.807, 2.05) is 0 Å². The number of aromatic nitrogens is 3. The van der Waals surface area contributed by atoms with Gasteiger partial charge in [0, 0.05) is 37.5 Å². The van der Waals surface area contributed by atoms with Crippen molar-refractivity contribution in [2.45, 2.75) is 26.3 Å². The predicted octanol–water partition coefficient (Wildman–Crippen LogP) is 2.33. The van der Waals surface area contributed by atoms with Crippen molar-refractivity contribution in [2.24, 2.45) is 5.92 Å². The summed E-state index contributed by atoms with van der Waals surface area (Å²) in [7, 11) is 3.12. The van der Waals surface area contributed by atoms with Crippen molar-refractivity contribution >= 4 is 27.3 Å². The second-order valence-electron chi connectivity index (χ2n) is 7.61. The second kappa shape index (κ2) is 8.93. The maximum Gasteiger partial charge on any atom is 0.288 e. The number of piperidine rings is 1. The van der Waals surface area contributed by atoms with Gasteiger partial charge in [-0.1, -0.05) is 18.3 Å². The Morgan fingerprint density at radius 1 is 1.32 bits per heavy atom. The molecule has 9 nitrogen and oxygen atoms in total. The van der Waals surface area contributed by atoms with E-state index in [0.29, 0.717) is 22.4 Å². The highest BCUT2D eigenvalue weighted by Crippen LogP contribution is 2.27. The van der Waals surface area contributed by atoms with Crippen molar-refractivity contribution < 1.29 is 14.3 Å². The molecule has 0 bridgehead atoms. The van der Waals surface area contributed by atoms with Crippen molar-refractivity contribution in [1.29, 1.82) is 0 Å². The molecule has 31 heavy (non-hydrogen) atoms. The molecule has 2 aromatic heterocycles. The van der Waals surface area contributed by atoms with Crippen LogP contribution >= 0.6 is 11.3 Å². The number of fused-ring (bicyclic) bond motifs is 1. The molecule has 1 fully saturated rings. The number of methoxy groups -OCH3 is 2. The number of benzene rings is 1. The van der Waals surface area contributed by atoms with E-state index in [1.165, 1.54) is 28.5 Å². The zero-order valence-electron chi connectivity index (χ0n) is 17.8. The highest BCUT2D eigenvalue weighted by atomic mass is 32.1. The van der Waals surface area contributed by atoms with Gasteiger partial charge in [-0.05, 0) is 30.9 Å². The average Bonchev–Trinajstić information content (AvgIpc) is 3.23. The number of hydrogen-bond donors (Lipinski definition) is 1. The lowest BCUT2D eigenvalue weighted by Crippen LogP contribution is -2.34. The van der Waals surface area contributed by atoms with E-state index in [9.17, 15) is 9.59 Å². The molecule has 3 heterocycles. The lowest BCUT2D eigenvalue weighted by atomic mass is 10.0. The smallest absolute Gasteiger partial charge is 0.288 e. The topological polar surface area (TPSA) is 98.1 Å². The van der Waals surface area contributed by atoms with Gasteiger partial charge in [0.1, 0.15) is 17.1 Å². The Morgan fingerprint density at radius 3 is 2.90 bits per heavy atom. The highest BCUT2D eigenvalue weighted by Gasteiger charge is 2.22. The maximum atomic E-state index is 12.9. The molecule has 1 amide bonds. The van der Waals surface area contributed by atoms with E-state index in [0.717, 1.165) is 30.2 Å². The van der Waals surface area contributed by atoms with Crippen molar-refractivity contribution in [1.82, 2.24) is 19.9 Å². The van der Waals surface area contributed by atoms with Crippen LogP contribution < -0.4 is 25.2 Å². The number of rotatable bonds is 6. The molecule has 1 atom stereocenters. The van der Waals surface area contributed by atoms with Gasteiger partial charge in [-0.25, -0.2) is 4.98 Å². The Hall–Kier alpha value is -3.14. The van der Waals surface area contributed by atoms with E-state index in [-0.39, 0.29) is 12.1 Å². The normalized spacial score (nSPS) is 16.4. The SMILES string of the molecule is COc1ccc(CNC(=O)c2cnc3sc(N4CCCC(C)C4)nn3c2=O)c(OC)c1. The largest absolute Gasteiger partial charge is 0.497 e. The lowest BCUT2D eigenvalue weighted by Gasteiger charge is -2.30. The summed E-state index contributed by atoms with van der Waals surface area (Å²) in [5, 5.41) is 7.97. The lowest BCUT2D eigenvalue weighted by molar-refractivity contribution is 0.0948. The minimum absolute atomic E-state index is 0.0474. The minimum Gasteiger partial charge on any atom is -0.497 e. The molecule has 164 valence electrons. The molecular formula is C21H25N5O4S. The second-order valence-corrected chi connectivity index (χ2v) is 8.54. The van der Waals surface area contributed by atoms with Crippen molar-refractivity contribution in [3.63, 3.8) is 0 Å². The first-order valence-electron chi connectivity index (χ1n) is 10.1. The number of hydrogen-bond acceptors (Lipinski definition) is 8. The van der Waals surface area contributed by atoms with Crippen LogP contribution in [0.4, 0.5) is 5.13 Å². The summed E-state index contributed by atoms with van der Waals surface area (Å²) in [6.07, 6.45) is 3.61. The molecule has 1 aliphatic heterocycles. The summed E-state index contributed by atoms with van der Waals surface area (Å²) in [5.41, 5.74) is 0.242. The highest BCUT2D eigenvalue weighted by molar-refractivity contribution is 7.20. The van der Waals surface area contributed by atoms with E-state index < -0.39 is 11.5 Å². The minimum atomic E-state index is -0.508. The molecule has 1 aromatic carbocycles. The Bertz CT molecular complexity index is 1160. The molecule has 0 radical (unpaired) electrons. The van der Waals surface area contributed by atoms with Crippen LogP contribution in [0, 0.1) is 5.92 Å². The Labute approximate surface area is 183 Å². The number of ether oxygens (including phenoxy) is 2. The van der Waals surface area contributed by atoms with Gasteiger partial charge in [-0.3, -0.25) is 9.59 Å². The van der Waals surface area contributed by atoms with E-state index in [4.69, 9.17) is 9.47 Å². The third kappa shape index (κ3) is 4.34. The summed E-state index contributed by atoms with van der Waals surface area (Å²) >= 11 is 1.37. The number of nitrogens with zero attached hydrogens (tertiary/aromatic N) is 4. The van der Waals surface area contributed by atoms with Gasteiger partial charge in [0.2, 0.25) is 10.1 Å². The molecule has 0 spiro atoms. The van der Waals surface area contributed by atoms with E-state index in [1.54, 1.807) is 32.4 Å². The number of anilines is 1. The van der Waals surface area contributed by atoms with Crippen molar-refractivity contribution in [3.05, 3.63) is 45.9 Å². The predicted molar refractivity (Wildman–Crippen MR) is 118 cm³/mol. The molecular weight excluding hydrogens is 418 g/mol. The quantitative estimate of drug-likeness (QED) is 0.624. The van der Waals surface area contributed by atoms with Gasteiger partial charge < -0.3 is 19.7 Å². The van der Waals surface area contributed by atoms with E-state index >= 15 is 0 Å². The molecule has 1 saturated heterocycles. The van der Waals surface area contributed by atoms with Gasteiger partial charge in [0.15, 0.2) is 0 Å². The summed E-state index contributed by atoms with van der Waals surface area (Å²) in [4.78, 5) is 32.5. The number of nitrogens with one attached hydrogen (secondary N) is 1. The molecule has 4 rings (SSSR count). The van der Waals surface area contributed by atoms with Crippen LogP contribution in [-0.4, -0.2) is 47.8 Å². The zero-order chi connectivity index (χ0) is 22.0. The fraction of sp³-hybridized carbons (Fsp3) is 0.429. The summed E-state index contributed by atoms with van der Waals surface area (Å²) in [5.74, 6) is 1.32. The maximum absolute atomic E-state index is 12.9. The average molecular weight is 444 g/mol. The molecule has 10 heteroatoms. The fourth-order valence-corrected chi connectivity index (χ4v) is 4.59. The number of amides is 1. The van der Waals surface area contributed by atoms with Crippen LogP contribution in [0.3, 0.4) is 0 Å². The standard InChI is InChI=1S/C21H25N5O4S/c1-13-5-4-8-25(12-13)21-24-26-19(28)16(11-23-20(26)31-21)18(27)22-10-14-6-7-15(29-2)9-17(14)30-3/h6-7,9,11,13H,4-5,8,10,12H2,1-3H3,(H,22,27). The van der Waals surface area contributed by atoms with Gasteiger partial charge >= 0.3 is 0 Å². The van der Waals surface area contributed by atoms with Crippen molar-refractivity contribution in [2.75, 3.05) is 32.2 Å². The van der Waals surface area contributed by atoms with Gasteiger partial charge in [-0.2, -0.15) is 4.52 Å². The van der Waals surface area contributed by atoms with Gasteiger partial charge in [0.05, 0.1) is 14.2 Å². The monoisotopic (exact) mass is 443 g/mol. The summed E-state index contributed by atoms with van der Waals surface area (Å²) < 4.78 is 11.8. The zero-order valence-corrected chi connectivity index (χ0v) is 18.6. The van der Waals surface area contributed by atoms with Crippen LogP contribution in [-0.2, 0) is 6.54 Å². The van der Waals surface area contributed by atoms with E-state index in [2.05, 4.69) is 27.2 Å². The first-order valence-corrected chi connectivity index (χ1v) is 10.9. The number of carbonyl (C=O) groups is 1. The Morgan fingerprint density at radius 2 is 2.16 bits per heavy atom. The van der Waals surface area contributed by atoms with Gasteiger partial charge in [0.25, 0.3) is 11.5 Å². The molecule has 0 saturated carbocycles. The van der Waals surface area contributed by atoms with Crippen LogP contribution in [0.1, 0.15) is 35.7 Å². The fourth-order valence-electron chi connectivity index (χ4n) is 3.69. The molecule has 0 aliphatic carbocycles. The van der Waals surface area contributed by atoms with Crippen LogP contribution in [0.15, 0.2) is 29.2 Å².